The van der Waals surface area contributed by atoms with Crippen LogP contribution < -0.4 is 9.86 Å². The van der Waals surface area contributed by atoms with Gasteiger partial charge < -0.3 is 0 Å². The predicted molar refractivity (Wildman–Crippen MR) is 59.4 cm³/mol. The maximum atomic E-state index is 10.9. The molecule has 16 heavy (non-hydrogen) atoms. The SMILES string of the molecule is NS(=O)(=O)NCc1ccc(S(=O)(=O)Cl)cc1. The molecule has 1 aromatic rings. The van der Waals surface area contributed by atoms with Crippen LogP contribution in [0.1, 0.15) is 5.56 Å². The third-order valence-electron chi connectivity index (χ3n) is 1.68. The zero-order valence-corrected chi connectivity index (χ0v) is 10.3. The zero-order valence-electron chi connectivity index (χ0n) is 7.92. The second-order valence-corrected chi connectivity index (χ2v) is 6.89. The van der Waals surface area contributed by atoms with Crippen LogP contribution in [0.15, 0.2) is 29.2 Å². The van der Waals surface area contributed by atoms with Crippen molar-refractivity contribution in [2.45, 2.75) is 11.4 Å². The number of rotatable bonds is 4. The standard InChI is InChI=1S/C7H9ClN2O4S2/c8-15(11,12)7-3-1-6(2-4-7)5-10-16(9,13)14/h1-4,10H,5H2,(H2,9,13,14). The number of nitrogens with two attached hydrogens (primary N) is 1. The summed E-state index contributed by atoms with van der Waals surface area (Å²) in [6.45, 7) is -0.0125. The van der Waals surface area contributed by atoms with E-state index in [4.69, 9.17) is 15.8 Å². The van der Waals surface area contributed by atoms with E-state index in [-0.39, 0.29) is 11.4 Å². The smallest absolute Gasteiger partial charge is 0.216 e. The maximum absolute atomic E-state index is 10.9. The van der Waals surface area contributed by atoms with E-state index in [1.54, 1.807) is 0 Å². The first kappa shape index (κ1) is 13.4. The molecule has 0 aliphatic carbocycles. The first-order chi connectivity index (χ1) is 7.18. The fourth-order valence-electron chi connectivity index (χ4n) is 0.954. The molecule has 1 rings (SSSR count). The fraction of sp³-hybridized carbons (Fsp3) is 0.143. The van der Waals surface area contributed by atoms with Crippen LogP contribution in [-0.2, 0) is 25.8 Å². The van der Waals surface area contributed by atoms with E-state index in [0.717, 1.165) is 0 Å². The largest absolute Gasteiger partial charge is 0.274 e. The van der Waals surface area contributed by atoms with Crippen LogP contribution in [0, 0.1) is 0 Å². The van der Waals surface area contributed by atoms with Crippen LogP contribution in [0.3, 0.4) is 0 Å². The highest BCUT2D eigenvalue weighted by molar-refractivity contribution is 8.13. The molecule has 0 aliphatic heterocycles. The van der Waals surface area contributed by atoms with Gasteiger partial charge in [-0.2, -0.15) is 13.1 Å². The summed E-state index contributed by atoms with van der Waals surface area (Å²) in [5.41, 5.74) is 0.568. The van der Waals surface area contributed by atoms with Crippen LogP contribution in [0.25, 0.3) is 0 Å². The first-order valence-electron chi connectivity index (χ1n) is 3.99. The number of nitrogens with one attached hydrogen (secondary N) is 1. The minimum absolute atomic E-state index is 0.0125. The van der Waals surface area contributed by atoms with Crippen molar-refractivity contribution in [3.63, 3.8) is 0 Å². The van der Waals surface area contributed by atoms with E-state index in [9.17, 15) is 16.8 Å². The quantitative estimate of drug-likeness (QED) is 0.753. The number of benzene rings is 1. The molecule has 1 aromatic carbocycles. The van der Waals surface area contributed by atoms with Crippen molar-refractivity contribution in [1.29, 1.82) is 0 Å². The van der Waals surface area contributed by atoms with E-state index in [1.807, 2.05) is 0 Å². The van der Waals surface area contributed by atoms with Crippen molar-refractivity contribution < 1.29 is 16.8 Å². The summed E-state index contributed by atoms with van der Waals surface area (Å²) >= 11 is 0. The molecule has 0 saturated carbocycles. The van der Waals surface area contributed by atoms with Crippen LogP contribution in [0.2, 0.25) is 0 Å². The van der Waals surface area contributed by atoms with Gasteiger partial charge in [-0.05, 0) is 17.7 Å². The molecule has 90 valence electrons. The molecule has 0 radical (unpaired) electrons. The minimum Gasteiger partial charge on any atom is -0.216 e. The lowest BCUT2D eigenvalue weighted by Crippen LogP contribution is -2.30. The van der Waals surface area contributed by atoms with Crippen molar-refractivity contribution >= 4 is 29.9 Å². The van der Waals surface area contributed by atoms with Gasteiger partial charge in [-0.15, -0.1) is 0 Å². The van der Waals surface area contributed by atoms with E-state index >= 15 is 0 Å². The Balaban J connectivity index is 2.81. The normalized spacial score (nSPS) is 12.6. The predicted octanol–water partition coefficient (Wildman–Crippen LogP) is -0.0928. The molecule has 0 heterocycles. The Morgan fingerprint density at radius 1 is 1.12 bits per heavy atom. The van der Waals surface area contributed by atoms with Gasteiger partial charge in [0.15, 0.2) is 0 Å². The molecule has 0 fully saturated rings. The fourth-order valence-corrected chi connectivity index (χ4v) is 2.09. The molecule has 0 unspecified atom stereocenters. The van der Waals surface area contributed by atoms with Gasteiger partial charge in [-0.3, -0.25) is 0 Å². The molecule has 0 spiro atoms. The highest BCUT2D eigenvalue weighted by Crippen LogP contribution is 2.15. The third-order valence-corrected chi connectivity index (χ3v) is 3.60. The number of hydrogen-bond acceptors (Lipinski definition) is 4. The summed E-state index contributed by atoms with van der Waals surface area (Å²) in [6, 6.07) is 5.44. The minimum atomic E-state index is -3.76. The van der Waals surface area contributed by atoms with Crippen LogP contribution in [0.4, 0.5) is 0 Å². The van der Waals surface area contributed by atoms with Gasteiger partial charge in [0.25, 0.3) is 19.3 Å². The second kappa shape index (κ2) is 4.68. The molecule has 0 bridgehead atoms. The van der Waals surface area contributed by atoms with E-state index in [1.165, 1.54) is 24.3 Å². The second-order valence-electron chi connectivity index (χ2n) is 2.95. The Morgan fingerprint density at radius 3 is 2.00 bits per heavy atom. The van der Waals surface area contributed by atoms with Crippen LogP contribution in [0.5, 0.6) is 0 Å². The van der Waals surface area contributed by atoms with E-state index in [0.29, 0.717) is 5.56 Å². The van der Waals surface area contributed by atoms with Crippen molar-refractivity contribution in [3.8, 4) is 0 Å². The van der Waals surface area contributed by atoms with Crippen LogP contribution in [-0.4, -0.2) is 16.8 Å². The summed E-state index contributed by atoms with van der Waals surface area (Å²) in [4.78, 5) is -0.0477. The Morgan fingerprint density at radius 2 is 1.62 bits per heavy atom. The summed E-state index contributed by atoms with van der Waals surface area (Å²) in [5, 5.41) is 4.73. The highest BCUT2D eigenvalue weighted by atomic mass is 35.7. The molecule has 0 aliphatic rings. The van der Waals surface area contributed by atoms with E-state index < -0.39 is 19.3 Å². The Kier molecular flexibility index (Phi) is 3.92. The molecule has 0 atom stereocenters. The van der Waals surface area contributed by atoms with Gasteiger partial charge in [0.2, 0.25) is 0 Å². The number of hydrogen-bond donors (Lipinski definition) is 2. The Bertz CT molecular complexity index is 565. The Hall–Kier alpha value is -0.670. The summed E-state index contributed by atoms with van der Waals surface area (Å²) in [6.07, 6.45) is 0. The number of halogens is 1. The average molecular weight is 285 g/mol. The molecule has 0 aromatic heterocycles. The van der Waals surface area contributed by atoms with Gasteiger partial charge in [0.1, 0.15) is 0 Å². The lowest BCUT2D eigenvalue weighted by Gasteiger charge is -2.02. The average Bonchev–Trinajstić information content (AvgIpc) is 2.13. The third kappa shape index (κ3) is 4.45. The van der Waals surface area contributed by atoms with Crippen molar-refractivity contribution in [2.75, 3.05) is 0 Å². The lowest BCUT2D eigenvalue weighted by atomic mass is 10.2. The van der Waals surface area contributed by atoms with Gasteiger partial charge in [0, 0.05) is 17.2 Å². The molecular formula is C7H9ClN2O4S2. The molecule has 0 amide bonds. The van der Waals surface area contributed by atoms with Gasteiger partial charge in [-0.25, -0.2) is 13.6 Å². The molecule has 0 saturated heterocycles. The van der Waals surface area contributed by atoms with Gasteiger partial charge in [0.05, 0.1) is 4.90 Å². The molecular weight excluding hydrogens is 276 g/mol. The first-order valence-corrected chi connectivity index (χ1v) is 7.85. The van der Waals surface area contributed by atoms with Crippen molar-refractivity contribution in [1.82, 2.24) is 4.72 Å². The topological polar surface area (TPSA) is 106 Å². The molecule has 3 N–H and O–H groups in total. The molecule has 9 heteroatoms. The maximum Gasteiger partial charge on any atom is 0.274 e. The zero-order chi connectivity index (χ0) is 12.4. The van der Waals surface area contributed by atoms with Crippen LogP contribution >= 0.6 is 10.7 Å². The summed E-state index contributed by atoms with van der Waals surface area (Å²) < 4.78 is 45.0. The van der Waals surface area contributed by atoms with E-state index in [2.05, 4.69) is 4.72 Å². The highest BCUT2D eigenvalue weighted by Gasteiger charge is 2.09. The Labute approximate surface area is 98.0 Å². The van der Waals surface area contributed by atoms with Crippen molar-refractivity contribution in [3.05, 3.63) is 29.8 Å². The van der Waals surface area contributed by atoms with Crippen molar-refractivity contribution in [2.24, 2.45) is 5.14 Å². The monoisotopic (exact) mass is 284 g/mol. The summed E-state index contributed by atoms with van der Waals surface area (Å²) in [7, 11) is -2.41. The molecule has 6 nitrogen and oxygen atoms in total. The van der Waals surface area contributed by atoms with Gasteiger partial charge >= 0.3 is 0 Å². The summed E-state index contributed by atoms with van der Waals surface area (Å²) in [5.74, 6) is 0. The lowest BCUT2D eigenvalue weighted by molar-refractivity contribution is 0.583. The van der Waals surface area contributed by atoms with Gasteiger partial charge in [-0.1, -0.05) is 12.1 Å².